The van der Waals surface area contributed by atoms with Gasteiger partial charge in [-0.2, -0.15) is 0 Å². The van der Waals surface area contributed by atoms with Gasteiger partial charge in [0.15, 0.2) is 0 Å². The van der Waals surface area contributed by atoms with Crippen molar-refractivity contribution in [2.24, 2.45) is 0 Å². The molecule has 1 aromatic rings. The van der Waals surface area contributed by atoms with Gasteiger partial charge < -0.3 is 0 Å². The first-order chi connectivity index (χ1) is 5.93. The molecule has 0 aliphatic rings. The minimum absolute atomic E-state index is 1.13. The Morgan fingerprint density at radius 2 is 2.33 bits per heavy atom. The number of benzene rings is 1. The van der Waals surface area contributed by atoms with E-state index >= 15 is 0 Å². The lowest BCUT2D eigenvalue weighted by Gasteiger charge is -1.95. The fourth-order valence-electron chi connectivity index (χ4n) is 1.12. The third-order valence-corrected chi connectivity index (χ3v) is 1.77. The monoisotopic (exact) mass is 159 g/mol. The van der Waals surface area contributed by atoms with Crippen molar-refractivity contribution in [3.05, 3.63) is 48.0 Å². The maximum atomic E-state index is 3.08. The molecular weight excluding hydrogens is 144 g/mol. The average Bonchev–Trinajstić information content (AvgIpc) is 2.14. The van der Waals surface area contributed by atoms with Crippen molar-refractivity contribution in [1.29, 1.82) is 0 Å². The molecule has 0 aliphatic carbocycles. The van der Waals surface area contributed by atoms with Crippen molar-refractivity contribution in [2.75, 3.05) is 0 Å². The number of hydrogen-bond donors (Lipinski definition) is 0. The lowest BCUT2D eigenvalue weighted by molar-refractivity contribution is 0.992. The van der Waals surface area contributed by atoms with Gasteiger partial charge in [0.25, 0.3) is 0 Å². The maximum absolute atomic E-state index is 3.08. The van der Waals surface area contributed by atoms with Crippen molar-refractivity contribution >= 4 is 0 Å². The van der Waals surface area contributed by atoms with E-state index in [0.29, 0.717) is 0 Å². The summed E-state index contributed by atoms with van der Waals surface area (Å²) in [6, 6.07) is 11.3. The van der Waals surface area contributed by atoms with Crippen LogP contribution in [0.4, 0.5) is 0 Å². The quantitative estimate of drug-likeness (QED) is 0.591. The van der Waals surface area contributed by atoms with E-state index in [9.17, 15) is 0 Å². The largest absolute Gasteiger partial charge is 0.0888 e. The van der Waals surface area contributed by atoms with Crippen LogP contribution in [0.3, 0.4) is 0 Å². The van der Waals surface area contributed by atoms with Crippen LogP contribution in [0.15, 0.2) is 36.4 Å². The zero-order valence-corrected chi connectivity index (χ0v) is 7.59. The van der Waals surface area contributed by atoms with E-state index in [1.54, 1.807) is 0 Å². The molecule has 0 saturated carbocycles. The fourth-order valence-corrected chi connectivity index (χ4v) is 1.12. The second kappa shape index (κ2) is 5.59. The van der Waals surface area contributed by atoms with E-state index in [2.05, 4.69) is 37.3 Å². The van der Waals surface area contributed by atoms with Gasteiger partial charge in [-0.1, -0.05) is 43.3 Å². The number of allylic oxidation sites excluding steroid dienone is 2. The highest BCUT2D eigenvalue weighted by Crippen LogP contribution is 2.02. The van der Waals surface area contributed by atoms with Crippen molar-refractivity contribution in [1.82, 2.24) is 0 Å². The Morgan fingerprint density at radius 1 is 1.42 bits per heavy atom. The third kappa shape index (κ3) is 3.38. The molecule has 12 heavy (non-hydrogen) atoms. The first kappa shape index (κ1) is 9.05. The summed E-state index contributed by atoms with van der Waals surface area (Å²) in [5, 5.41) is 0. The van der Waals surface area contributed by atoms with Crippen LogP contribution in [0.1, 0.15) is 25.3 Å². The second-order valence-corrected chi connectivity index (χ2v) is 2.83. The molecule has 0 bridgehead atoms. The molecule has 1 rings (SSSR count). The van der Waals surface area contributed by atoms with E-state index in [-0.39, 0.29) is 0 Å². The van der Waals surface area contributed by atoms with Gasteiger partial charge in [0.2, 0.25) is 0 Å². The Balaban J connectivity index is 2.29. The van der Waals surface area contributed by atoms with E-state index in [1.807, 2.05) is 12.1 Å². The molecule has 0 aliphatic heterocycles. The van der Waals surface area contributed by atoms with Crippen LogP contribution in [-0.2, 0) is 6.42 Å². The number of aryl methyl sites for hydroxylation is 1. The van der Waals surface area contributed by atoms with Gasteiger partial charge in [0.05, 0.1) is 0 Å². The molecule has 0 spiro atoms. The lowest BCUT2D eigenvalue weighted by Crippen LogP contribution is -1.80. The molecule has 0 unspecified atom stereocenters. The predicted octanol–water partition coefficient (Wildman–Crippen LogP) is 3.39. The van der Waals surface area contributed by atoms with Gasteiger partial charge in [0, 0.05) is 0 Å². The van der Waals surface area contributed by atoms with Crippen LogP contribution in [0, 0.1) is 6.07 Å². The molecule has 0 atom stereocenters. The molecule has 0 heterocycles. The summed E-state index contributed by atoms with van der Waals surface area (Å²) in [5.41, 5.74) is 1.37. The van der Waals surface area contributed by atoms with Crippen LogP contribution in [-0.4, -0.2) is 0 Å². The van der Waals surface area contributed by atoms with E-state index < -0.39 is 0 Å². The molecule has 0 N–H and O–H groups in total. The first-order valence-electron chi connectivity index (χ1n) is 4.53. The zero-order valence-electron chi connectivity index (χ0n) is 7.59. The molecule has 0 saturated heterocycles. The number of rotatable bonds is 4. The average molecular weight is 159 g/mol. The second-order valence-electron chi connectivity index (χ2n) is 2.83. The van der Waals surface area contributed by atoms with Gasteiger partial charge in [-0.3, -0.25) is 0 Å². The Morgan fingerprint density at radius 3 is 3.00 bits per heavy atom. The zero-order chi connectivity index (χ0) is 8.65. The molecule has 0 nitrogen and oxygen atoms in total. The molecule has 0 aromatic heterocycles. The van der Waals surface area contributed by atoms with E-state index in [0.717, 1.165) is 19.3 Å². The molecule has 1 radical (unpaired) electrons. The van der Waals surface area contributed by atoms with Crippen LogP contribution in [0.2, 0.25) is 0 Å². The molecule has 63 valence electrons. The Bertz CT molecular complexity index is 221. The van der Waals surface area contributed by atoms with Crippen molar-refractivity contribution in [3.8, 4) is 0 Å². The minimum Gasteiger partial charge on any atom is -0.0888 e. The Kier molecular flexibility index (Phi) is 4.22. The normalized spacial score (nSPS) is 10.8. The van der Waals surface area contributed by atoms with Crippen LogP contribution in [0.5, 0.6) is 0 Å². The summed E-state index contributed by atoms with van der Waals surface area (Å²) in [4.78, 5) is 0. The third-order valence-electron chi connectivity index (χ3n) is 1.77. The highest BCUT2D eigenvalue weighted by molar-refractivity contribution is 5.14. The first-order valence-corrected chi connectivity index (χ1v) is 4.53. The highest BCUT2D eigenvalue weighted by atomic mass is 13.9. The highest BCUT2D eigenvalue weighted by Gasteiger charge is 1.87. The summed E-state index contributed by atoms with van der Waals surface area (Å²) in [5.74, 6) is 0. The summed E-state index contributed by atoms with van der Waals surface area (Å²) in [6.45, 7) is 2.16. The SMILES string of the molecule is CC/C=C/CCc1c[c]ccc1. The van der Waals surface area contributed by atoms with Crippen LogP contribution < -0.4 is 0 Å². The van der Waals surface area contributed by atoms with Crippen LogP contribution in [0.25, 0.3) is 0 Å². The van der Waals surface area contributed by atoms with Gasteiger partial charge in [-0.25, -0.2) is 0 Å². The predicted molar refractivity (Wildman–Crippen MR) is 53.0 cm³/mol. The van der Waals surface area contributed by atoms with Crippen molar-refractivity contribution < 1.29 is 0 Å². The summed E-state index contributed by atoms with van der Waals surface area (Å²) < 4.78 is 0. The van der Waals surface area contributed by atoms with E-state index in [1.165, 1.54) is 5.56 Å². The standard InChI is InChI=1S/C12H15/c1-2-3-4-6-9-12-10-7-5-8-11-12/h3-5,7,10-11H,2,6,9H2,1H3/b4-3+. The van der Waals surface area contributed by atoms with Crippen LogP contribution >= 0.6 is 0 Å². The summed E-state index contributed by atoms with van der Waals surface area (Å²) >= 11 is 0. The number of hydrogen-bond acceptors (Lipinski definition) is 0. The molecule has 1 aromatic carbocycles. The lowest BCUT2D eigenvalue weighted by atomic mass is 10.1. The molecule has 0 amide bonds. The summed E-state index contributed by atoms with van der Waals surface area (Å²) in [7, 11) is 0. The topological polar surface area (TPSA) is 0 Å². The van der Waals surface area contributed by atoms with Gasteiger partial charge in [-0.15, -0.1) is 0 Å². The van der Waals surface area contributed by atoms with Crippen molar-refractivity contribution in [2.45, 2.75) is 26.2 Å². The smallest absolute Gasteiger partial charge is 0.0181 e. The molecule has 0 fully saturated rings. The summed E-state index contributed by atoms with van der Waals surface area (Å²) in [6.07, 6.45) is 7.88. The van der Waals surface area contributed by atoms with Gasteiger partial charge in [0.1, 0.15) is 0 Å². The molecular formula is C12H15. The van der Waals surface area contributed by atoms with Crippen molar-refractivity contribution in [3.63, 3.8) is 0 Å². The fraction of sp³-hybridized carbons (Fsp3) is 0.333. The van der Waals surface area contributed by atoms with E-state index in [4.69, 9.17) is 0 Å². The maximum Gasteiger partial charge on any atom is -0.0181 e. The minimum atomic E-state index is 1.13. The van der Waals surface area contributed by atoms with Gasteiger partial charge in [-0.05, 0) is 30.9 Å². The Hall–Kier alpha value is -1.04. The molecule has 0 heteroatoms. The Labute approximate surface area is 74.9 Å². The van der Waals surface area contributed by atoms with Gasteiger partial charge >= 0.3 is 0 Å².